The summed E-state index contributed by atoms with van der Waals surface area (Å²) in [6.07, 6.45) is -0.0631. The molecule has 0 saturated carbocycles. The third-order valence-electron chi connectivity index (χ3n) is 13.1. The molecule has 1 saturated heterocycles. The maximum absolute atomic E-state index is 12.9. The zero-order valence-electron chi connectivity index (χ0n) is 44.9. The van der Waals surface area contributed by atoms with Crippen molar-refractivity contribution in [1.29, 1.82) is 0 Å². The normalized spacial score (nSPS) is 15.1. The van der Waals surface area contributed by atoms with Crippen LogP contribution in [0.2, 0.25) is 10.0 Å². The number of carboxylic acids is 4. The first kappa shape index (κ1) is 62.7. The summed E-state index contributed by atoms with van der Waals surface area (Å²) in [6, 6.07) is 15.5. The molecule has 3 aromatic carbocycles. The Morgan fingerprint density at radius 1 is 0.662 bits per heavy atom. The zero-order chi connectivity index (χ0) is 57.6. The van der Waals surface area contributed by atoms with E-state index in [1.165, 1.54) is 0 Å². The van der Waals surface area contributed by atoms with Crippen molar-refractivity contribution < 1.29 is 77.6 Å². The van der Waals surface area contributed by atoms with E-state index in [9.17, 15) is 49.2 Å². The van der Waals surface area contributed by atoms with Crippen LogP contribution in [0.5, 0.6) is 11.5 Å². The number of methoxy groups -OCH3 is 1. The molecule has 0 aliphatic carbocycles. The summed E-state index contributed by atoms with van der Waals surface area (Å²) >= 11 is 12.8. The van der Waals surface area contributed by atoms with Gasteiger partial charge in [0, 0.05) is 104 Å². The number of carboxylic acid groups (broad SMARTS) is 4. The molecule has 436 valence electrons. The van der Waals surface area contributed by atoms with Crippen LogP contribution in [0.25, 0.3) is 28.1 Å². The molecule has 6 N–H and O–H groups in total. The summed E-state index contributed by atoms with van der Waals surface area (Å²) in [4.78, 5) is 79.4. The summed E-state index contributed by atoms with van der Waals surface area (Å²) < 4.78 is 36.1. The fourth-order valence-electron chi connectivity index (χ4n) is 9.18. The second-order valence-electron chi connectivity index (χ2n) is 18.9. The molecule has 80 heavy (non-hydrogen) atoms. The number of ether oxygens (including phenoxy) is 6. The lowest BCUT2D eigenvalue weighted by molar-refractivity contribution is -0.145. The predicted octanol–water partition coefficient (Wildman–Crippen LogP) is 3.94. The molecule has 1 atom stereocenters. The number of hydrogen-bond donors (Lipinski definition) is 6. The second-order valence-corrected chi connectivity index (χ2v) is 19.8. The van der Waals surface area contributed by atoms with E-state index in [2.05, 4.69) is 10.6 Å². The minimum atomic E-state index is -1.18. The van der Waals surface area contributed by atoms with E-state index in [-0.39, 0.29) is 137 Å². The number of amides is 2. The summed E-state index contributed by atoms with van der Waals surface area (Å²) in [5.41, 5.74) is 6.31. The predicted molar refractivity (Wildman–Crippen MR) is 294 cm³/mol. The fourth-order valence-corrected chi connectivity index (χ4v) is 9.69. The van der Waals surface area contributed by atoms with Gasteiger partial charge in [-0.05, 0) is 55.3 Å². The van der Waals surface area contributed by atoms with Gasteiger partial charge in [-0.1, -0.05) is 35.3 Å². The van der Waals surface area contributed by atoms with E-state index in [0.29, 0.717) is 59.3 Å². The number of aromatic nitrogens is 2. The number of aryl methyl sites for hydroxylation is 1. The minimum absolute atomic E-state index is 0.0604. The summed E-state index contributed by atoms with van der Waals surface area (Å²) in [5.74, 6) is -3.85. The van der Waals surface area contributed by atoms with Crippen LogP contribution in [0, 0.1) is 6.92 Å². The van der Waals surface area contributed by atoms with Crippen molar-refractivity contribution in [3.05, 3.63) is 75.9 Å². The highest BCUT2D eigenvalue weighted by molar-refractivity contribution is 6.34. The number of carbonyl (C=O) groups excluding carboxylic acids is 2. The van der Waals surface area contributed by atoms with E-state index in [4.69, 9.17) is 56.7 Å². The first-order chi connectivity index (χ1) is 38.5. The van der Waals surface area contributed by atoms with Crippen LogP contribution in [0.3, 0.4) is 0 Å². The molecule has 2 aliphatic heterocycles. The van der Waals surface area contributed by atoms with E-state index < -0.39 is 35.8 Å². The van der Waals surface area contributed by atoms with Gasteiger partial charge in [0.15, 0.2) is 0 Å². The standard InChI is InChI=1S/C54H70Cl2N8O16/c1-36-44-35-80-47-31-46(75-2)42(30-43(47)53(44)64(59-36)41-28-38(55)27-39(56)29-41)37-4-3-5-40(26-37)58-49(66)8-18-76-20-22-78-24-25-79-23-21-77-19-9-57-48(65)7-6-45(54(73)74)63-16-14-61(33-51(69)70)12-10-60(32-50(67)68)11-13-62(15-17-63)34-52(71)72/h3-5,26-31,45H,6-25,32-35H2,1-2H3,(H,57,65)(H,58,66)(H,67,68)(H,69,70)(H,71,72)(H,73,74). The lowest BCUT2D eigenvalue weighted by Crippen LogP contribution is -2.52. The topological polar surface area (TPSA) is 294 Å². The van der Waals surface area contributed by atoms with Gasteiger partial charge in [-0.15, -0.1) is 0 Å². The lowest BCUT2D eigenvalue weighted by atomic mass is 9.96. The second kappa shape index (κ2) is 32.1. The number of nitrogens with zero attached hydrogens (tertiary/aromatic N) is 6. The quantitative estimate of drug-likeness (QED) is 0.0403. The van der Waals surface area contributed by atoms with Crippen LogP contribution in [-0.4, -0.2) is 230 Å². The number of rotatable bonds is 30. The Balaban J connectivity index is 0.835. The monoisotopic (exact) mass is 1160 g/mol. The molecule has 1 fully saturated rings. The Labute approximate surface area is 473 Å². The Morgan fingerprint density at radius 3 is 1.76 bits per heavy atom. The molecule has 0 radical (unpaired) electrons. The number of benzene rings is 3. The Bertz CT molecular complexity index is 2700. The van der Waals surface area contributed by atoms with Crippen molar-refractivity contribution in [3.63, 3.8) is 0 Å². The van der Waals surface area contributed by atoms with Gasteiger partial charge in [-0.2, -0.15) is 5.10 Å². The van der Waals surface area contributed by atoms with Crippen molar-refractivity contribution in [2.75, 3.05) is 144 Å². The highest BCUT2D eigenvalue weighted by atomic mass is 35.5. The summed E-state index contributed by atoms with van der Waals surface area (Å²) in [6.45, 7) is 4.79. The number of halogens is 2. The Morgan fingerprint density at radius 2 is 1.21 bits per heavy atom. The third kappa shape index (κ3) is 20.0. The highest BCUT2D eigenvalue weighted by Crippen LogP contribution is 2.46. The van der Waals surface area contributed by atoms with Crippen molar-refractivity contribution in [2.24, 2.45) is 0 Å². The fraction of sp³-hybridized carbons (Fsp3) is 0.500. The molecule has 26 heteroatoms. The molecular formula is C54H70Cl2N8O16. The van der Waals surface area contributed by atoms with Gasteiger partial charge in [0.25, 0.3) is 0 Å². The number of carbonyl (C=O) groups is 6. The smallest absolute Gasteiger partial charge is 0.320 e. The van der Waals surface area contributed by atoms with Crippen LogP contribution in [-0.2, 0) is 54.3 Å². The number of anilines is 1. The molecular weight excluding hydrogens is 1090 g/mol. The third-order valence-corrected chi connectivity index (χ3v) is 13.6. The first-order valence-electron chi connectivity index (χ1n) is 26.1. The molecule has 2 amide bonds. The van der Waals surface area contributed by atoms with Crippen LogP contribution < -0.4 is 20.1 Å². The molecule has 4 aromatic rings. The average molecular weight is 1160 g/mol. The van der Waals surface area contributed by atoms with Crippen molar-refractivity contribution in [1.82, 2.24) is 34.7 Å². The van der Waals surface area contributed by atoms with Crippen molar-refractivity contribution >= 4 is 64.6 Å². The van der Waals surface area contributed by atoms with Gasteiger partial charge in [0.05, 0.1) is 103 Å². The maximum Gasteiger partial charge on any atom is 0.320 e. The van der Waals surface area contributed by atoms with E-state index >= 15 is 0 Å². The minimum Gasteiger partial charge on any atom is -0.496 e. The molecule has 1 aromatic heterocycles. The Kier molecular flexibility index (Phi) is 25.2. The largest absolute Gasteiger partial charge is 0.496 e. The van der Waals surface area contributed by atoms with Gasteiger partial charge in [-0.25, -0.2) is 4.68 Å². The first-order valence-corrected chi connectivity index (χ1v) is 26.9. The van der Waals surface area contributed by atoms with Crippen LogP contribution in [0.15, 0.2) is 54.6 Å². The van der Waals surface area contributed by atoms with Crippen molar-refractivity contribution in [2.45, 2.75) is 38.8 Å². The highest BCUT2D eigenvalue weighted by Gasteiger charge is 2.30. The molecule has 6 rings (SSSR count). The number of fused-ring (bicyclic) bond motifs is 3. The average Bonchev–Trinajstić information content (AvgIpc) is 3.77. The van der Waals surface area contributed by atoms with Gasteiger partial charge in [0.2, 0.25) is 11.8 Å². The van der Waals surface area contributed by atoms with Gasteiger partial charge >= 0.3 is 23.9 Å². The maximum atomic E-state index is 12.9. The van der Waals surface area contributed by atoms with E-state index in [1.807, 2.05) is 41.9 Å². The zero-order valence-corrected chi connectivity index (χ0v) is 46.4. The van der Waals surface area contributed by atoms with Gasteiger partial charge < -0.3 is 59.5 Å². The van der Waals surface area contributed by atoms with Crippen LogP contribution in [0.4, 0.5) is 5.69 Å². The lowest BCUT2D eigenvalue weighted by Gasteiger charge is -2.35. The molecule has 0 bridgehead atoms. The Hall–Kier alpha value is -6.45. The SMILES string of the molecule is COc1cc2c(cc1-c1cccc(NC(=O)CCOCCOCCOCCOCCNC(=O)CCC(C(=O)O)N3CCN(CC(=O)O)CCN(CC(=O)O)CCN(CC(=O)O)CC3)c1)-c1c(c(C)nn1-c1cc(Cl)cc(Cl)c1)CO2. The number of aliphatic carboxylic acids is 4. The summed E-state index contributed by atoms with van der Waals surface area (Å²) in [5, 5.41) is 50.1. The molecule has 1 unspecified atom stereocenters. The summed E-state index contributed by atoms with van der Waals surface area (Å²) in [7, 11) is 1.59. The van der Waals surface area contributed by atoms with Crippen LogP contribution >= 0.6 is 23.2 Å². The number of nitrogens with one attached hydrogen (secondary N) is 2. The molecule has 24 nitrogen and oxygen atoms in total. The van der Waals surface area contributed by atoms with Gasteiger partial charge in [-0.3, -0.25) is 48.4 Å². The van der Waals surface area contributed by atoms with Crippen molar-refractivity contribution in [3.8, 4) is 39.6 Å². The molecule has 0 spiro atoms. The number of hydrogen-bond acceptors (Lipinski definition) is 17. The van der Waals surface area contributed by atoms with Crippen LogP contribution in [0.1, 0.15) is 30.5 Å². The van der Waals surface area contributed by atoms with E-state index in [1.54, 1.807) is 51.0 Å². The van der Waals surface area contributed by atoms with Gasteiger partial charge in [0.1, 0.15) is 24.1 Å². The molecule has 2 aliphatic rings. The van der Waals surface area contributed by atoms with E-state index in [0.717, 1.165) is 33.6 Å². The molecule has 3 heterocycles.